The Morgan fingerprint density at radius 3 is 2.78 bits per heavy atom. The average Bonchev–Trinajstić information content (AvgIpc) is 3.04. The Morgan fingerprint density at radius 1 is 1.19 bits per heavy atom. The summed E-state index contributed by atoms with van der Waals surface area (Å²) >= 11 is 13.4. The second-order valence-electron chi connectivity index (χ2n) is 6.29. The predicted molar refractivity (Wildman–Crippen MR) is 110 cm³/mol. The van der Waals surface area contributed by atoms with Gasteiger partial charge in [-0.3, -0.25) is 15.0 Å². The van der Waals surface area contributed by atoms with Gasteiger partial charge in [0.05, 0.1) is 34.0 Å². The van der Waals surface area contributed by atoms with E-state index in [1.54, 1.807) is 18.2 Å². The van der Waals surface area contributed by atoms with Crippen molar-refractivity contribution in [3.63, 3.8) is 0 Å². The van der Waals surface area contributed by atoms with Gasteiger partial charge in [0.15, 0.2) is 5.13 Å². The Bertz CT molecular complexity index is 986. The lowest BCUT2D eigenvalue weighted by Gasteiger charge is -2.26. The third-order valence-electron chi connectivity index (χ3n) is 4.36. The fourth-order valence-corrected chi connectivity index (χ4v) is 4.40. The first-order valence-corrected chi connectivity index (χ1v) is 10.1. The van der Waals surface area contributed by atoms with Crippen molar-refractivity contribution in [2.75, 3.05) is 31.6 Å². The van der Waals surface area contributed by atoms with Crippen molar-refractivity contribution in [2.45, 2.75) is 6.54 Å². The van der Waals surface area contributed by atoms with Crippen molar-refractivity contribution in [3.05, 3.63) is 57.6 Å². The molecular weight excluding hydrogens is 405 g/mol. The second-order valence-corrected chi connectivity index (χ2v) is 8.16. The molecule has 0 atom stereocenters. The van der Waals surface area contributed by atoms with E-state index in [1.165, 1.54) is 16.9 Å². The summed E-state index contributed by atoms with van der Waals surface area (Å²) in [5.74, 6) is -0.302. The molecule has 1 N–H and O–H groups in total. The Labute approximate surface area is 170 Å². The number of morpholine rings is 1. The number of thiazole rings is 1. The molecule has 1 aliphatic heterocycles. The minimum absolute atomic E-state index is 0.302. The first-order chi connectivity index (χ1) is 13.1. The predicted octanol–water partition coefficient (Wildman–Crippen LogP) is 4.69. The lowest BCUT2D eigenvalue weighted by Crippen LogP contribution is -2.35. The van der Waals surface area contributed by atoms with Gasteiger partial charge in [-0.1, -0.05) is 40.6 Å². The highest BCUT2D eigenvalue weighted by Crippen LogP contribution is 2.29. The van der Waals surface area contributed by atoms with E-state index in [1.807, 2.05) is 6.07 Å². The molecule has 1 aromatic heterocycles. The van der Waals surface area contributed by atoms with Crippen LogP contribution in [0.3, 0.4) is 0 Å². The third kappa shape index (κ3) is 4.42. The number of ether oxygens (including phenoxy) is 1. The van der Waals surface area contributed by atoms with E-state index in [0.29, 0.717) is 20.7 Å². The van der Waals surface area contributed by atoms with E-state index >= 15 is 0 Å². The van der Waals surface area contributed by atoms with Crippen LogP contribution in [0.15, 0.2) is 36.4 Å². The zero-order chi connectivity index (χ0) is 18.8. The van der Waals surface area contributed by atoms with Gasteiger partial charge in [0.25, 0.3) is 5.91 Å². The third-order valence-corrected chi connectivity index (χ3v) is 5.84. The van der Waals surface area contributed by atoms with E-state index < -0.39 is 0 Å². The van der Waals surface area contributed by atoms with Crippen LogP contribution in [0, 0.1) is 0 Å². The summed E-state index contributed by atoms with van der Waals surface area (Å²) in [6.45, 7) is 4.35. The monoisotopic (exact) mass is 421 g/mol. The molecule has 1 amide bonds. The van der Waals surface area contributed by atoms with Crippen molar-refractivity contribution in [1.29, 1.82) is 0 Å². The van der Waals surface area contributed by atoms with Crippen molar-refractivity contribution in [3.8, 4) is 0 Å². The second kappa shape index (κ2) is 8.12. The lowest BCUT2D eigenvalue weighted by molar-refractivity contribution is 0.0342. The molecule has 0 bridgehead atoms. The molecule has 27 heavy (non-hydrogen) atoms. The fourth-order valence-electron chi connectivity index (χ4n) is 2.98. The van der Waals surface area contributed by atoms with Gasteiger partial charge in [-0.15, -0.1) is 0 Å². The number of hydrogen-bond acceptors (Lipinski definition) is 5. The maximum absolute atomic E-state index is 12.5. The molecule has 3 aromatic rings. The fraction of sp³-hybridized carbons (Fsp3) is 0.263. The quantitative estimate of drug-likeness (QED) is 0.663. The number of halogens is 2. The number of carbonyl (C=O) groups is 1. The van der Waals surface area contributed by atoms with Crippen LogP contribution in [-0.2, 0) is 11.3 Å². The largest absolute Gasteiger partial charge is 0.379 e. The van der Waals surface area contributed by atoms with E-state index in [-0.39, 0.29) is 5.91 Å². The highest BCUT2D eigenvalue weighted by molar-refractivity contribution is 7.22. The molecule has 0 unspecified atom stereocenters. The van der Waals surface area contributed by atoms with Crippen molar-refractivity contribution < 1.29 is 9.53 Å². The van der Waals surface area contributed by atoms with Gasteiger partial charge < -0.3 is 4.74 Å². The van der Waals surface area contributed by atoms with Crippen molar-refractivity contribution in [2.24, 2.45) is 0 Å². The highest BCUT2D eigenvalue weighted by atomic mass is 35.5. The summed E-state index contributed by atoms with van der Waals surface area (Å²) < 4.78 is 6.43. The van der Waals surface area contributed by atoms with Crippen molar-refractivity contribution >= 4 is 55.8 Å². The maximum atomic E-state index is 12.5. The number of nitrogens with zero attached hydrogens (tertiary/aromatic N) is 2. The van der Waals surface area contributed by atoms with E-state index in [4.69, 9.17) is 27.9 Å². The van der Waals surface area contributed by atoms with Crippen LogP contribution in [0.25, 0.3) is 10.2 Å². The highest BCUT2D eigenvalue weighted by Gasteiger charge is 2.15. The maximum Gasteiger partial charge on any atom is 0.258 e. The number of aromatic nitrogens is 1. The molecule has 5 nitrogen and oxygen atoms in total. The molecule has 2 heterocycles. The van der Waals surface area contributed by atoms with Gasteiger partial charge in [-0.2, -0.15) is 0 Å². The van der Waals surface area contributed by atoms with Gasteiger partial charge in [-0.25, -0.2) is 4.98 Å². The molecule has 2 aromatic carbocycles. The standard InChI is InChI=1S/C19H17Cl2N3O2S/c20-13-2-3-14(15(21)10-13)18(25)23-19-22-16-4-1-12(9-17(16)27-19)11-24-5-7-26-8-6-24/h1-4,9-10H,5-8,11H2,(H,22,23,25). The Morgan fingerprint density at radius 2 is 2.00 bits per heavy atom. The first-order valence-electron chi connectivity index (χ1n) is 8.54. The molecule has 8 heteroatoms. The average molecular weight is 422 g/mol. The number of nitrogens with one attached hydrogen (secondary N) is 1. The molecule has 0 aliphatic carbocycles. The minimum atomic E-state index is -0.302. The van der Waals surface area contributed by atoms with E-state index in [2.05, 4.69) is 27.3 Å². The van der Waals surface area contributed by atoms with E-state index in [9.17, 15) is 4.79 Å². The molecule has 1 saturated heterocycles. The van der Waals surface area contributed by atoms with Crippen LogP contribution in [0.4, 0.5) is 5.13 Å². The zero-order valence-corrected chi connectivity index (χ0v) is 16.7. The molecule has 4 rings (SSSR count). The first kappa shape index (κ1) is 18.7. The number of fused-ring (bicyclic) bond motifs is 1. The summed E-state index contributed by atoms with van der Waals surface area (Å²) in [5.41, 5.74) is 2.46. The SMILES string of the molecule is O=C(Nc1nc2ccc(CN3CCOCC3)cc2s1)c1ccc(Cl)cc1Cl. The van der Waals surface area contributed by atoms with Gasteiger partial charge in [-0.05, 0) is 35.9 Å². The number of benzene rings is 2. The molecule has 0 saturated carbocycles. The molecule has 1 aliphatic rings. The van der Waals surface area contributed by atoms with Crippen molar-refractivity contribution in [1.82, 2.24) is 9.88 Å². The normalized spacial score (nSPS) is 15.2. The topological polar surface area (TPSA) is 54.5 Å². The number of amides is 1. The van der Waals surface area contributed by atoms with Gasteiger partial charge in [0.2, 0.25) is 0 Å². The van der Waals surface area contributed by atoms with Crippen LogP contribution < -0.4 is 5.32 Å². The number of rotatable bonds is 4. The summed E-state index contributed by atoms with van der Waals surface area (Å²) in [4.78, 5) is 19.3. The van der Waals surface area contributed by atoms with E-state index in [0.717, 1.165) is 43.1 Å². The Kier molecular flexibility index (Phi) is 5.61. The number of hydrogen-bond donors (Lipinski definition) is 1. The minimum Gasteiger partial charge on any atom is -0.379 e. The van der Waals surface area contributed by atoms with Crippen LogP contribution in [0.5, 0.6) is 0 Å². The molecule has 0 radical (unpaired) electrons. The van der Waals surface area contributed by atoms with Crippen LogP contribution in [0.1, 0.15) is 15.9 Å². The van der Waals surface area contributed by atoms with Crippen LogP contribution >= 0.6 is 34.5 Å². The summed E-state index contributed by atoms with van der Waals surface area (Å²) in [6, 6.07) is 11.0. The molecular formula is C19H17Cl2N3O2S. The smallest absolute Gasteiger partial charge is 0.258 e. The zero-order valence-electron chi connectivity index (χ0n) is 14.4. The summed E-state index contributed by atoms with van der Waals surface area (Å²) in [5, 5.41) is 4.17. The van der Waals surface area contributed by atoms with Gasteiger partial charge >= 0.3 is 0 Å². The molecule has 140 valence electrons. The van der Waals surface area contributed by atoms with Crippen LogP contribution in [-0.4, -0.2) is 42.1 Å². The van der Waals surface area contributed by atoms with Gasteiger partial charge in [0.1, 0.15) is 0 Å². The summed E-state index contributed by atoms with van der Waals surface area (Å²) in [6.07, 6.45) is 0. The Hall–Kier alpha value is -1.70. The molecule has 0 spiro atoms. The Balaban J connectivity index is 1.50. The number of carbonyl (C=O) groups excluding carboxylic acids is 1. The lowest BCUT2D eigenvalue weighted by atomic mass is 10.2. The van der Waals surface area contributed by atoms with Gasteiger partial charge in [0, 0.05) is 24.7 Å². The molecule has 1 fully saturated rings. The van der Waals surface area contributed by atoms with Crippen LogP contribution in [0.2, 0.25) is 10.0 Å². The summed E-state index contributed by atoms with van der Waals surface area (Å²) in [7, 11) is 0. The number of anilines is 1.